The van der Waals surface area contributed by atoms with E-state index in [9.17, 15) is 0 Å². The number of aromatic nitrogens is 5. The molecule has 2 N–H and O–H groups in total. The van der Waals surface area contributed by atoms with E-state index in [1.807, 2.05) is 42.8 Å². The van der Waals surface area contributed by atoms with Crippen molar-refractivity contribution in [2.24, 2.45) is 0 Å². The van der Waals surface area contributed by atoms with Crippen LogP contribution in [-0.4, -0.2) is 43.5 Å². The van der Waals surface area contributed by atoms with Crippen LogP contribution >= 0.6 is 0 Å². The summed E-state index contributed by atoms with van der Waals surface area (Å²) < 4.78 is 13.2. The first-order chi connectivity index (χ1) is 14.4. The van der Waals surface area contributed by atoms with Gasteiger partial charge in [-0.05, 0) is 44.9 Å². The predicted molar refractivity (Wildman–Crippen MR) is 115 cm³/mol. The third-order valence-electron chi connectivity index (χ3n) is 5.39. The van der Waals surface area contributed by atoms with Crippen LogP contribution < -0.4 is 10.5 Å². The van der Waals surface area contributed by atoms with Crippen molar-refractivity contribution in [3.8, 4) is 17.1 Å². The van der Waals surface area contributed by atoms with E-state index in [1.54, 1.807) is 7.11 Å². The van der Waals surface area contributed by atoms with Crippen molar-refractivity contribution in [1.29, 1.82) is 0 Å². The lowest BCUT2D eigenvalue weighted by Gasteiger charge is -2.22. The molecule has 0 atom stereocenters. The van der Waals surface area contributed by atoms with Gasteiger partial charge in [0, 0.05) is 24.1 Å². The van der Waals surface area contributed by atoms with Crippen LogP contribution in [0.15, 0.2) is 36.7 Å². The molecule has 154 valence electrons. The Kier molecular flexibility index (Phi) is 4.32. The molecule has 0 aliphatic heterocycles. The molecular formula is C22H24N6O2. The zero-order chi connectivity index (χ0) is 20.9. The van der Waals surface area contributed by atoms with E-state index in [1.165, 1.54) is 6.33 Å². The maximum atomic E-state index is 6.22. The molecule has 0 unspecified atom stereocenters. The molecule has 0 amide bonds. The van der Waals surface area contributed by atoms with Gasteiger partial charge in [-0.1, -0.05) is 6.07 Å². The number of nitrogen functional groups attached to an aromatic ring is 1. The molecule has 3 heterocycles. The third kappa shape index (κ3) is 3.43. The number of ether oxygens (including phenoxy) is 2. The van der Waals surface area contributed by atoms with Crippen molar-refractivity contribution >= 4 is 27.8 Å². The Labute approximate surface area is 174 Å². The van der Waals surface area contributed by atoms with Gasteiger partial charge in [0.2, 0.25) is 5.88 Å². The largest absolute Gasteiger partial charge is 0.474 e. The lowest BCUT2D eigenvalue weighted by atomic mass is 10.1. The van der Waals surface area contributed by atoms with E-state index in [2.05, 4.69) is 21.0 Å². The van der Waals surface area contributed by atoms with Gasteiger partial charge in [-0.25, -0.2) is 19.6 Å². The summed E-state index contributed by atoms with van der Waals surface area (Å²) in [6.07, 6.45) is 4.00. The summed E-state index contributed by atoms with van der Waals surface area (Å²) >= 11 is 0. The maximum Gasteiger partial charge on any atom is 0.214 e. The van der Waals surface area contributed by atoms with Crippen molar-refractivity contribution in [3.63, 3.8) is 0 Å². The fourth-order valence-electron chi connectivity index (χ4n) is 3.44. The highest BCUT2D eigenvalue weighted by Gasteiger charge is 2.25. The van der Waals surface area contributed by atoms with Gasteiger partial charge in [-0.2, -0.15) is 5.10 Å². The summed E-state index contributed by atoms with van der Waals surface area (Å²) in [6, 6.07) is 9.98. The SMILES string of the molecule is COC(C)(C)Cn1nc(-c2ccc3nc(OC4CC4)ccc3c2)c2c(N)ncnc21. The first-order valence-electron chi connectivity index (χ1n) is 10.0. The second-order valence-electron chi connectivity index (χ2n) is 8.30. The number of anilines is 1. The molecule has 30 heavy (non-hydrogen) atoms. The summed E-state index contributed by atoms with van der Waals surface area (Å²) in [5.41, 5.74) is 9.07. The highest BCUT2D eigenvalue weighted by atomic mass is 16.5. The molecule has 5 rings (SSSR count). The molecule has 1 fully saturated rings. The molecule has 3 aromatic heterocycles. The van der Waals surface area contributed by atoms with Gasteiger partial charge in [-0.3, -0.25) is 0 Å². The minimum Gasteiger partial charge on any atom is -0.474 e. The minimum absolute atomic E-state index is 0.323. The summed E-state index contributed by atoms with van der Waals surface area (Å²) in [4.78, 5) is 13.2. The van der Waals surface area contributed by atoms with Gasteiger partial charge >= 0.3 is 0 Å². The zero-order valence-electron chi connectivity index (χ0n) is 17.3. The Morgan fingerprint density at radius 2 is 2.00 bits per heavy atom. The molecule has 4 aromatic rings. The topological polar surface area (TPSA) is 101 Å². The van der Waals surface area contributed by atoms with Crippen molar-refractivity contribution in [3.05, 3.63) is 36.7 Å². The van der Waals surface area contributed by atoms with Crippen molar-refractivity contribution < 1.29 is 9.47 Å². The van der Waals surface area contributed by atoms with Crippen molar-refractivity contribution in [2.75, 3.05) is 12.8 Å². The average molecular weight is 404 g/mol. The number of nitrogens with zero attached hydrogens (tertiary/aromatic N) is 5. The van der Waals surface area contributed by atoms with E-state index in [4.69, 9.17) is 20.3 Å². The van der Waals surface area contributed by atoms with Gasteiger partial charge in [0.05, 0.1) is 23.0 Å². The molecule has 0 radical (unpaired) electrons. The summed E-state index contributed by atoms with van der Waals surface area (Å²) in [6.45, 7) is 4.55. The Bertz CT molecular complexity index is 1250. The van der Waals surface area contributed by atoms with Crippen LogP contribution in [-0.2, 0) is 11.3 Å². The predicted octanol–water partition coefficient (Wildman–Crippen LogP) is 3.59. The Balaban J connectivity index is 1.60. The molecule has 0 bridgehead atoms. The van der Waals surface area contributed by atoms with E-state index < -0.39 is 5.60 Å². The average Bonchev–Trinajstić information content (AvgIpc) is 3.47. The summed E-state index contributed by atoms with van der Waals surface area (Å²) in [7, 11) is 1.69. The highest BCUT2D eigenvalue weighted by molar-refractivity contribution is 5.99. The number of methoxy groups -OCH3 is 1. The molecule has 1 saturated carbocycles. The Morgan fingerprint density at radius 3 is 2.77 bits per heavy atom. The van der Waals surface area contributed by atoms with E-state index in [-0.39, 0.29) is 0 Å². The van der Waals surface area contributed by atoms with E-state index in [0.29, 0.717) is 30.0 Å². The second kappa shape index (κ2) is 6.91. The minimum atomic E-state index is -0.402. The lowest BCUT2D eigenvalue weighted by molar-refractivity contribution is 0.00635. The highest BCUT2D eigenvalue weighted by Crippen LogP contribution is 2.33. The van der Waals surface area contributed by atoms with Crippen LogP contribution in [0.3, 0.4) is 0 Å². The number of hydrogen-bond donors (Lipinski definition) is 1. The monoisotopic (exact) mass is 404 g/mol. The second-order valence-corrected chi connectivity index (χ2v) is 8.30. The smallest absolute Gasteiger partial charge is 0.214 e. The normalized spacial score (nSPS) is 14.5. The summed E-state index contributed by atoms with van der Waals surface area (Å²) in [5.74, 6) is 1.08. The fraction of sp³-hybridized carbons (Fsp3) is 0.364. The molecule has 1 aromatic carbocycles. The van der Waals surface area contributed by atoms with Gasteiger partial charge in [0.1, 0.15) is 23.9 Å². The van der Waals surface area contributed by atoms with Gasteiger partial charge in [0.25, 0.3) is 0 Å². The van der Waals surface area contributed by atoms with Crippen LogP contribution in [0.1, 0.15) is 26.7 Å². The van der Waals surface area contributed by atoms with E-state index in [0.717, 1.165) is 40.4 Å². The first kappa shape index (κ1) is 18.7. The third-order valence-corrected chi connectivity index (χ3v) is 5.39. The maximum absolute atomic E-state index is 6.22. The number of pyridine rings is 1. The zero-order valence-corrected chi connectivity index (χ0v) is 17.3. The molecule has 8 heteroatoms. The molecule has 0 spiro atoms. The Hall–Kier alpha value is -3.26. The van der Waals surface area contributed by atoms with Crippen LogP contribution in [0.25, 0.3) is 33.2 Å². The quantitative estimate of drug-likeness (QED) is 0.524. The molecular weight excluding hydrogens is 380 g/mol. The fourth-order valence-corrected chi connectivity index (χ4v) is 3.44. The molecule has 1 aliphatic rings. The molecule has 1 aliphatic carbocycles. The molecule has 0 saturated heterocycles. The standard InChI is InChI=1S/C22H24N6O2/c1-22(2,29-3)11-28-21-18(20(23)24-12-25-21)19(27-28)14-4-8-16-13(10-14)5-9-17(26-16)30-15-6-7-15/h4-5,8-10,12,15H,6-7,11H2,1-3H3,(H2,23,24,25). The molecule has 8 nitrogen and oxygen atoms in total. The Morgan fingerprint density at radius 1 is 1.17 bits per heavy atom. The van der Waals surface area contributed by atoms with Crippen LogP contribution in [0.2, 0.25) is 0 Å². The lowest BCUT2D eigenvalue weighted by Crippen LogP contribution is -2.29. The number of hydrogen-bond acceptors (Lipinski definition) is 7. The van der Waals surface area contributed by atoms with Crippen molar-refractivity contribution in [2.45, 2.75) is 44.9 Å². The number of benzene rings is 1. The first-order valence-corrected chi connectivity index (χ1v) is 10.0. The van der Waals surface area contributed by atoms with Crippen molar-refractivity contribution in [1.82, 2.24) is 24.7 Å². The van der Waals surface area contributed by atoms with Gasteiger partial charge < -0.3 is 15.2 Å². The number of fused-ring (bicyclic) bond motifs is 2. The van der Waals surface area contributed by atoms with E-state index >= 15 is 0 Å². The van der Waals surface area contributed by atoms with Crippen LogP contribution in [0, 0.1) is 0 Å². The summed E-state index contributed by atoms with van der Waals surface area (Å²) in [5, 5.41) is 6.58. The number of rotatable bonds is 6. The van der Waals surface area contributed by atoms with Gasteiger partial charge in [0.15, 0.2) is 5.65 Å². The number of nitrogens with two attached hydrogens (primary N) is 1. The van der Waals surface area contributed by atoms with Gasteiger partial charge in [-0.15, -0.1) is 0 Å². The van der Waals surface area contributed by atoms with Crippen LogP contribution in [0.4, 0.5) is 5.82 Å². The van der Waals surface area contributed by atoms with Crippen LogP contribution in [0.5, 0.6) is 5.88 Å².